The van der Waals surface area contributed by atoms with Gasteiger partial charge in [-0.15, -0.1) is 0 Å². The van der Waals surface area contributed by atoms with Gasteiger partial charge in [0.05, 0.1) is 11.6 Å². The van der Waals surface area contributed by atoms with Crippen molar-refractivity contribution in [3.63, 3.8) is 0 Å². The topological polar surface area (TPSA) is 55.1 Å². The zero-order valence-electron chi connectivity index (χ0n) is 10.9. The minimum Gasteiger partial charge on any atom is -0.399 e. The maximum atomic E-state index is 13.2. The van der Waals surface area contributed by atoms with Crippen LogP contribution >= 0.6 is 15.9 Å². The Kier molecular flexibility index (Phi) is 4.39. The van der Waals surface area contributed by atoms with E-state index in [9.17, 15) is 9.18 Å². The molecule has 0 saturated heterocycles. The Balaban J connectivity index is 2.17. The molecule has 0 aliphatic carbocycles. The predicted molar refractivity (Wildman–Crippen MR) is 80.8 cm³/mol. The third-order valence-corrected chi connectivity index (χ3v) is 3.62. The van der Waals surface area contributed by atoms with Crippen molar-refractivity contribution >= 4 is 27.5 Å². The molecule has 2 aromatic rings. The molecule has 104 valence electrons. The first-order valence-corrected chi connectivity index (χ1v) is 6.88. The molecule has 1 unspecified atom stereocenters. The van der Waals surface area contributed by atoms with Gasteiger partial charge < -0.3 is 11.1 Å². The molecule has 0 bridgehead atoms. The first-order chi connectivity index (χ1) is 9.47. The van der Waals surface area contributed by atoms with Crippen molar-refractivity contribution in [1.82, 2.24) is 5.32 Å². The SMILES string of the molecule is CC(NC(=O)c1cc(N)ccc1Br)c1cccc(F)c1. The van der Waals surface area contributed by atoms with Crippen LogP contribution in [0.5, 0.6) is 0 Å². The Bertz CT molecular complexity index is 646. The van der Waals surface area contributed by atoms with Gasteiger partial charge in [-0.05, 0) is 58.7 Å². The minimum absolute atomic E-state index is 0.263. The van der Waals surface area contributed by atoms with Gasteiger partial charge in [0.1, 0.15) is 5.82 Å². The lowest BCUT2D eigenvalue weighted by Gasteiger charge is -2.15. The molecule has 0 spiro atoms. The molecule has 20 heavy (non-hydrogen) atoms. The van der Waals surface area contributed by atoms with Crippen LogP contribution in [0.3, 0.4) is 0 Å². The second kappa shape index (κ2) is 6.05. The number of anilines is 1. The molecule has 2 aromatic carbocycles. The van der Waals surface area contributed by atoms with Gasteiger partial charge in [0.15, 0.2) is 0 Å². The average Bonchev–Trinajstić information content (AvgIpc) is 2.41. The van der Waals surface area contributed by atoms with Crippen molar-refractivity contribution in [3.05, 3.63) is 63.9 Å². The van der Waals surface area contributed by atoms with Gasteiger partial charge in [-0.1, -0.05) is 12.1 Å². The first-order valence-electron chi connectivity index (χ1n) is 6.08. The van der Waals surface area contributed by atoms with Crippen LogP contribution in [0.15, 0.2) is 46.9 Å². The number of nitrogens with two attached hydrogens (primary N) is 1. The van der Waals surface area contributed by atoms with Crippen molar-refractivity contribution in [2.45, 2.75) is 13.0 Å². The van der Waals surface area contributed by atoms with E-state index in [1.54, 1.807) is 37.3 Å². The second-order valence-corrected chi connectivity index (χ2v) is 5.34. The highest BCUT2D eigenvalue weighted by Crippen LogP contribution is 2.21. The smallest absolute Gasteiger partial charge is 0.252 e. The van der Waals surface area contributed by atoms with E-state index in [-0.39, 0.29) is 17.8 Å². The van der Waals surface area contributed by atoms with E-state index < -0.39 is 0 Å². The number of benzene rings is 2. The van der Waals surface area contributed by atoms with Crippen molar-refractivity contribution in [3.8, 4) is 0 Å². The fourth-order valence-corrected chi connectivity index (χ4v) is 2.28. The molecule has 0 aliphatic rings. The largest absolute Gasteiger partial charge is 0.399 e. The summed E-state index contributed by atoms with van der Waals surface area (Å²) in [4.78, 5) is 12.2. The number of hydrogen-bond donors (Lipinski definition) is 2. The van der Waals surface area contributed by atoms with Crippen LogP contribution in [0.2, 0.25) is 0 Å². The molecule has 1 amide bonds. The normalized spacial score (nSPS) is 11.9. The zero-order chi connectivity index (χ0) is 14.7. The molecule has 0 radical (unpaired) electrons. The average molecular weight is 337 g/mol. The summed E-state index contributed by atoms with van der Waals surface area (Å²) in [6.07, 6.45) is 0. The number of carbonyl (C=O) groups excluding carboxylic acids is 1. The van der Waals surface area contributed by atoms with E-state index in [0.717, 1.165) is 0 Å². The molecule has 3 nitrogen and oxygen atoms in total. The summed E-state index contributed by atoms with van der Waals surface area (Å²) in [5, 5.41) is 2.82. The molecule has 3 N–H and O–H groups in total. The fraction of sp³-hybridized carbons (Fsp3) is 0.133. The molecule has 1 atom stereocenters. The van der Waals surface area contributed by atoms with Crippen LogP contribution in [0, 0.1) is 5.82 Å². The fourth-order valence-electron chi connectivity index (χ4n) is 1.85. The van der Waals surface area contributed by atoms with Gasteiger partial charge in [0.2, 0.25) is 0 Å². The van der Waals surface area contributed by atoms with Crippen LogP contribution in [0.1, 0.15) is 28.9 Å². The van der Waals surface area contributed by atoms with E-state index in [2.05, 4.69) is 21.2 Å². The molecule has 2 rings (SSSR count). The Morgan fingerprint density at radius 2 is 2.05 bits per heavy atom. The van der Waals surface area contributed by atoms with Crippen LogP contribution in [0.25, 0.3) is 0 Å². The van der Waals surface area contributed by atoms with E-state index in [1.165, 1.54) is 12.1 Å². The summed E-state index contributed by atoms with van der Waals surface area (Å²) in [5.74, 6) is -0.588. The molecule has 0 heterocycles. The molecular weight excluding hydrogens is 323 g/mol. The molecule has 0 fully saturated rings. The monoisotopic (exact) mass is 336 g/mol. The highest BCUT2D eigenvalue weighted by molar-refractivity contribution is 9.10. The molecular formula is C15H14BrFN2O. The van der Waals surface area contributed by atoms with Crippen LogP contribution in [-0.4, -0.2) is 5.91 Å². The van der Waals surface area contributed by atoms with Crippen LogP contribution in [-0.2, 0) is 0 Å². The lowest BCUT2D eigenvalue weighted by atomic mass is 10.1. The summed E-state index contributed by atoms with van der Waals surface area (Å²) in [5.41, 5.74) is 7.35. The standard InChI is InChI=1S/C15H14BrFN2O/c1-9(10-3-2-4-11(17)7-10)19-15(20)13-8-12(18)5-6-14(13)16/h2-9H,18H2,1H3,(H,19,20). The number of carbonyl (C=O) groups is 1. The molecule has 0 aromatic heterocycles. The summed E-state index contributed by atoms with van der Waals surface area (Å²) in [6, 6.07) is 10.9. The van der Waals surface area contributed by atoms with Gasteiger partial charge in [0.25, 0.3) is 5.91 Å². The van der Waals surface area contributed by atoms with Crippen molar-refractivity contribution < 1.29 is 9.18 Å². The number of nitrogens with one attached hydrogen (secondary N) is 1. The molecule has 5 heteroatoms. The van der Waals surface area contributed by atoms with E-state index >= 15 is 0 Å². The zero-order valence-corrected chi connectivity index (χ0v) is 12.4. The highest BCUT2D eigenvalue weighted by atomic mass is 79.9. The number of rotatable bonds is 3. The van der Waals surface area contributed by atoms with Crippen LogP contribution < -0.4 is 11.1 Å². The third kappa shape index (κ3) is 3.36. The minimum atomic E-state index is -0.325. The third-order valence-electron chi connectivity index (χ3n) is 2.93. The summed E-state index contributed by atoms with van der Waals surface area (Å²) in [6.45, 7) is 1.80. The Morgan fingerprint density at radius 1 is 1.30 bits per heavy atom. The van der Waals surface area contributed by atoms with Gasteiger partial charge in [-0.2, -0.15) is 0 Å². The van der Waals surface area contributed by atoms with E-state index in [4.69, 9.17) is 5.73 Å². The number of halogens is 2. The second-order valence-electron chi connectivity index (χ2n) is 4.49. The number of amides is 1. The lowest BCUT2D eigenvalue weighted by Crippen LogP contribution is -2.27. The van der Waals surface area contributed by atoms with Crippen molar-refractivity contribution in [1.29, 1.82) is 0 Å². The Hall–Kier alpha value is -1.88. The van der Waals surface area contributed by atoms with Crippen molar-refractivity contribution in [2.75, 3.05) is 5.73 Å². The van der Waals surface area contributed by atoms with Gasteiger partial charge in [-0.3, -0.25) is 4.79 Å². The lowest BCUT2D eigenvalue weighted by molar-refractivity contribution is 0.0939. The summed E-state index contributed by atoms with van der Waals surface area (Å²) >= 11 is 3.31. The van der Waals surface area contributed by atoms with Crippen molar-refractivity contribution in [2.24, 2.45) is 0 Å². The molecule has 0 aliphatic heterocycles. The summed E-state index contributed by atoms with van der Waals surface area (Å²) < 4.78 is 13.8. The predicted octanol–water partition coefficient (Wildman–Crippen LogP) is 3.66. The highest BCUT2D eigenvalue weighted by Gasteiger charge is 2.14. The Morgan fingerprint density at radius 3 is 2.75 bits per heavy atom. The van der Waals surface area contributed by atoms with E-state index in [0.29, 0.717) is 21.3 Å². The quantitative estimate of drug-likeness (QED) is 0.840. The van der Waals surface area contributed by atoms with E-state index in [1.807, 2.05) is 0 Å². The van der Waals surface area contributed by atoms with Gasteiger partial charge in [0, 0.05) is 10.2 Å². The Labute approximate surface area is 125 Å². The number of nitrogen functional groups attached to an aromatic ring is 1. The summed E-state index contributed by atoms with van der Waals surface area (Å²) in [7, 11) is 0. The van der Waals surface area contributed by atoms with Gasteiger partial charge >= 0.3 is 0 Å². The first kappa shape index (κ1) is 14.5. The maximum absolute atomic E-state index is 13.2. The molecule has 0 saturated carbocycles. The number of hydrogen-bond acceptors (Lipinski definition) is 2. The van der Waals surface area contributed by atoms with Crippen LogP contribution in [0.4, 0.5) is 10.1 Å². The van der Waals surface area contributed by atoms with Gasteiger partial charge in [-0.25, -0.2) is 4.39 Å². The maximum Gasteiger partial charge on any atom is 0.252 e.